The summed E-state index contributed by atoms with van der Waals surface area (Å²) in [6, 6.07) is 10.2. The third-order valence-electron chi connectivity index (χ3n) is 4.63. The van der Waals surface area contributed by atoms with Gasteiger partial charge in [0.1, 0.15) is 0 Å². The van der Waals surface area contributed by atoms with Gasteiger partial charge in [0.15, 0.2) is 0 Å². The molecule has 2 nitrogen and oxygen atoms in total. The van der Waals surface area contributed by atoms with Gasteiger partial charge in [-0.25, -0.2) is 0 Å². The van der Waals surface area contributed by atoms with Crippen LogP contribution in [0.5, 0.6) is 0 Å². The molecule has 0 saturated heterocycles. The molecule has 0 bridgehead atoms. The van der Waals surface area contributed by atoms with E-state index >= 15 is 0 Å². The summed E-state index contributed by atoms with van der Waals surface area (Å²) in [4.78, 5) is 4.54. The number of hydrogen-bond donors (Lipinski definition) is 1. The number of benzene rings is 1. The van der Waals surface area contributed by atoms with Crippen molar-refractivity contribution in [3.05, 3.63) is 42.1 Å². The minimum atomic E-state index is -0.776. The van der Waals surface area contributed by atoms with E-state index in [1.54, 1.807) is 0 Å². The molecule has 1 N–H and O–H groups in total. The van der Waals surface area contributed by atoms with E-state index in [-0.39, 0.29) is 10.8 Å². The number of nitrogens with zero attached hydrogens (tertiary/aromatic N) is 1. The maximum absolute atomic E-state index is 11.3. The van der Waals surface area contributed by atoms with Crippen molar-refractivity contribution in [2.45, 2.75) is 52.6 Å². The van der Waals surface area contributed by atoms with Crippen LogP contribution in [-0.2, 0) is 5.60 Å². The maximum Gasteiger partial charge on any atom is 0.0921 e. The Hall–Kier alpha value is -1.41. The SMILES string of the molecule is CC1(C)CC(C)(C)CC(O)(c2cnc3ccccc3c2)C1. The summed E-state index contributed by atoms with van der Waals surface area (Å²) in [5.74, 6) is 0. The number of pyridine rings is 1. The molecule has 1 aromatic carbocycles. The van der Waals surface area contributed by atoms with Gasteiger partial charge in [0.05, 0.1) is 11.1 Å². The first kappa shape index (κ1) is 14.5. The lowest BCUT2D eigenvalue weighted by Crippen LogP contribution is -2.44. The Kier molecular flexibility index (Phi) is 3.14. The number of rotatable bonds is 1. The fourth-order valence-corrected chi connectivity index (χ4v) is 4.60. The monoisotopic (exact) mass is 283 g/mol. The first-order chi connectivity index (χ1) is 9.69. The molecule has 0 unspecified atom stereocenters. The van der Waals surface area contributed by atoms with Crippen LogP contribution < -0.4 is 0 Å². The molecule has 1 heterocycles. The summed E-state index contributed by atoms with van der Waals surface area (Å²) in [7, 11) is 0. The summed E-state index contributed by atoms with van der Waals surface area (Å²) >= 11 is 0. The summed E-state index contributed by atoms with van der Waals surface area (Å²) in [6.45, 7) is 9.03. The van der Waals surface area contributed by atoms with E-state index in [4.69, 9.17) is 0 Å². The van der Waals surface area contributed by atoms with Crippen LogP contribution in [-0.4, -0.2) is 10.1 Å². The lowest BCUT2D eigenvalue weighted by atomic mass is 9.58. The van der Waals surface area contributed by atoms with Crippen LogP contribution in [0, 0.1) is 10.8 Å². The predicted octanol–water partition coefficient (Wildman–Crippen LogP) is 4.66. The van der Waals surface area contributed by atoms with E-state index in [2.05, 4.69) is 44.8 Å². The summed E-state index contributed by atoms with van der Waals surface area (Å²) in [5, 5.41) is 12.4. The minimum absolute atomic E-state index is 0.141. The van der Waals surface area contributed by atoms with Crippen LogP contribution >= 0.6 is 0 Å². The van der Waals surface area contributed by atoms with Crippen molar-refractivity contribution in [2.24, 2.45) is 10.8 Å². The van der Waals surface area contributed by atoms with E-state index in [1.807, 2.05) is 24.4 Å². The zero-order valence-corrected chi connectivity index (χ0v) is 13.5. The molecule has 3 rings (SSSR count). The lowest BCUT2D eigenvalue weighted by molar-refractivity contribution is -0.0913. The number of hydrogen-bond acceptors (Lipinski definition) is 2. The van der Waals surface area contributed by atoms with E-state index < -0.39 is 5.60 Å². The van der Waals surface area contributed by atoms with Crippen molar-refractivity contribution >= 4 is 10.9 Å². The molecule has 0 radical (unpaired) electrons. The number of para-hydroxylation sites is 1. The Balaban J connectivity index is 2.07. The highest BCUT2D eigenvalue weighted by atomic mass is 16.3. The standard InChI is InChI=1S/C19H25NO/c1-17(2)11-18(3,4)13-19(21,12-17)15-9-14-7-5-6-8-16(14)20-10-15/h5-10,21H,11-13H2,1-4H3. The fourth-order valence-electron chi connectivity index (χ4n) is 4.60. The van der Waals surface area contributed by atoms with Crippen LogP contribution in [0.3, 0.4) is 0 Å². The van der Waals surface area contributed by atoms with E-state index in [1.165, 1.54) is 0 Å². The molecule has 1 fully saturated rings. The van der Waals surface area contributed by atoms with Crippen molar-refractivity contribution in [1.29, 1.82) is 0 Å². The molecular formula is C19H25NO. The molecule has 21 heavy (non-hydrogen) atoms. The molecule has 1 saturated carbocycles. The van der Waals surface area contributed by atoms with Crippen LogP contribution in [0.2, 0.25) is 0 Å². The topological polar surface area (TPSA) is 33.1 Å². The molecule has 1 aromatic heterocycles. The zero-order chi connectivity index (χ0) is 15.3. The van der Waals surface area contributed by atoms with Gasteiger partial charge in [-0.05, 0) is 42.2 Å². The first-order valence-corrected chi connectivity index (χ1v) is 7.77. The average molecular weight is 283 g/mol. The summed E-state index contributed by atoms with van der Waals surface area (Å²) in [6.07, 6.45) is 4.59. The van der Waals surface area contributed by atoms with Crippen molar-refractivity contribution in [3.8, 4) is 0 Å². The quantitative estimate of drug-likeness (QED) is 0.825. The second-order valence-corrected chi connectivity index (χ2v) is 8.31. The molecule has 0 spiro atoms. The van der Waals surface area contributed by atoms with E-state index in [0.29, 0.717) is 0 Å². The molecule has 0 atom stereocenters. The third kappa shape index (κ3) is 2.82. The highest BCUT2D eigenvalue weighted by molar-refractivity contribution is 5.78. The van der Waals surface area contributed by atoms with Crippen molar-refractivity contribution in [3.63, 3.8) is 0 Å². The Bertz CT molecular complexity index is 656. The minimum Gasteiger partial charge on any atom is -0.385 e. The number of fused-ring (bicyclic) bond motifs is 1. The average Bonchev–Trinajstić information content (AvgIpc) is 2.34. The summed E-state index contributed by atoms with van der Waals surface area (Å²) in [5.41, 5.74) is 1.45. The van der Waals surface area contributed by atoms with Crippen molar-refractivity contribution < 1.29 is 5.11 Å². The molecule has 1 aliphatic carbocycles. The van der Waals surface area contributed by atoms with E-state index in [0.717, 1.165) is 35.7 Å². The maximum atomic E-state index is 11.3. The Labute approximate surface area is 127 Å². The zero-order valence-electron chi connectivity index (χ0n) is 13.5. The van der Waals surface area contributed by atoms with Gasteiger partial charge < -0.3 is 5.11 Å². The molecule has 2 heteroatoms. The predicted molar refractivity (Wildman–Crippen MR) is 87.1 cm³/mol. The lowest BCUT2D eigenvalue weighted by Gasteiger charge is -2.49. The molecule has 0 aliphatic heterocycles. The fraction of sp³-hybridized carbons (Fsp3) is 0.526. The largest absolute Gasteiger partial charge is 0.385 e. The normalized spacial score (nSPS) is 23.1. The molecule has 0 amide bonds. The van der Waals surface area contributed by atoms with Crippen molar-refractivity contribution in [2.75, 3.05) is 0 Å². The smallest absolute Gasteiger partial charge is 0.0921 e. The second-order valence-electron chi connectivity index (χ2n) is 8.31. The summed E-state index contributed by atoms with van der Waals surface area (Å²) < 4.78 is 0. The van der Waals surface area contributed by atoms with Gasteiger partial charge in [0.25, 0.3) is 0 Å². The second kappa shape index (κ2) is 4.54. The molecule has 2 aromatic rings. The van der Waals surface area contributed by atoms with Gasteiger partial charge in [-0.15, -0.1) is 0 Å². The molecule has 112 valence electrons. The molecular weight excluding hydrogens is 258 g/mol. The van der Waals surface area contributed by atoms with Gasteiger partial charge in [0, 0.05) is 17.1 Å². The van der Waals surface area contributed by atoms with Crippen LogP contribution in [0.4, 0.5) is 0 Å². The first-order valence-electron chi connectivity index (χ1n) is 7.77. The Morgan fingerprint density at radius 3 is 2.24 bits per heavy atom. The van der Waals surface area contributed by atoms with E-state index in [9.17, 15) is 5.11 Å². The van der Waals surface area contributed by atoms with Crippen LogP contribution in [0.15, 0.2) is 36.5 Å². The van der Waals surface area contributed by atoms with Crippen molar-refractivity contribution in [1.82, 2.24) is 4.98 Å². The van der Waals surface area contributed by atoms with Gasteiger partial charge in [-0.3, -0.25) is 4.98 Å². The van der Waals surface area contributed by atoms with Gasteiger partial charge >= 0.3 is 0 Å². The van der Waals surface area contributed by atoms with Gasteiger partial charge in [-0.2, -0.15) is 0 Å². The van der Waals surface area contributed by atoms with Crippen LogP contribution in [0.1, 0.15) is 52.5 Å². The Morgan fingerprint density at radius 2 is 1.57 bits per heavy atom. The molecule has 1 aliphatic rings. The third-order valence-corrected chi connectivity index (χ3v) is 4.63. The van der Waals surface area contributed by atoms with Crippen LogP contribution in [0.25, 0.3) is 10.9 Å². The number of aromatic nitrogens is 1. The number of aliphatic hydroxyl groups is 1. The highest BCUT2D eigenvalue weighted by Crippen LogP contribution is 2.53. The highest BCUT2D eigenvalue weighted by Gasteiger charge is 2.47. The van der Waals surface area contributed by atoms with Gasteiger partial charge in [0.2, 0.25) is 0 Å². The Morgan fingerprint density at radius 1 is 0.952 bits per heavy atom. The van der Waals surface area contributed by atoms with Gasteiger partial charge in [-0.1, -0.05) is 45.9 Å².